The number of esters is 1. The Bertz CT molecular complexity index is 1050. The minimum absolute atomic E-state index is 0.0571. The average molecular weight is 448 g/mol. The number of hydrogen-bond acceptors (Lipinski definition) is 7. The number of thioether (sulfide) groups is 1. The zero-order valence-corrected chi connectivity index (χ0v) is 17.2. The highest BCUT2D eigenvalue weighted by Crippen LogP contribution is 2.24. The Morgan fingerprint density at radius 2 is 2.07 bits per heavy atom. The van der Waals surface area contributed by atoms with Crippen LogP contribution in [-0.4, -0.2) is 30.4 Å². The quantitative estimate of drug-likeness (QED) is 0.316. The smallest absolute Gasteiger partial charge is 0.331 e. The van der Waals surface area contributed by atoms with Gasteiger partial charge in [-0.3, -0.25) is 10.1 Å². The molecule has 1 heterocycles. The Kier molecular flexibility index (Phi) is 7.21. The molecule has 0 saturated carbocycles. The molecule has 3 rings (SSSR count). The normalized spacial score (nSPS) is 16.3. The van der Waals surface area contributed by atoms with E-state index in [9.17, 15) is 14.0 Å². The van der Waals surface area contributed by atoms with Gasteiger partial charge in [0.25, 0.3) is 5.91 Å². The molecule has 30 heavy (non-hydrogen) atoms. The fourth-order valence-corrected chi connectivity index (χ4v) is 3.28. The van der Waals surface area contributed by atoms with Crippen molar-refractivity contribution in [1.29, 1.82) is 0 Å². The lowest BCUT2D eigenvalue weighted by molar-refractivity contribution is -0.135. The highest BCUT2D eigenvalue weighted by atomic mass is 35.5. The van der Waals surface area contributed by atoms with Gasteiger partial charge < -0.3 is 9.47 Å². The van der Waals surface area contributed by atoms with Gasteiger partial charge >= 0.3 is 5.97 Å². The minimum Gasteiger partial charge on any atom is -0.488 e. The molecule has 1 aliphatic rings. The summed E-state index contributed by atoms with van der Waals surface area (Å²) >= 11 is 6.98. The van der Waals surface area contributed by atoms with Gasteiger partial charge in [0.1, 0.15) is 18.2 Å². The van der Waals surface area contributed by atoms with Gasteiger partial charge in [-0.25, -0.2) is 9.18 Å². The molecular weight excluding hydrogens is 433 g/mol. The number of ether oxygens (including phenoxy) is 2. The lowest BCUT2D eigenvalue weighted by Gasteiger charge is -2.10. The van der Waals surface area contributed by atoms with Crippen LogP contribution in [0.4, 0.5) is 4.39 Å². The first kappa shape index (κ1) is 21.5. The van der Waals surface area contributed by atoms with E-state index in [2.05, 4.69) is 20.3 Å². The molecule has 0 bridgehead atoms. The number of halogens is 2. The number of para-hydroxylation sites is 1. The predicted molar refractivity (Wildman–Crippen MR) is 113 cm³/mol. The highest BCUT2D eigenvalue weighted by molar-refractivity contribution is 8.18. The summed E-state index contributed by atoms with van der Waals surface area (Å²) in [5.41, 5.74) is 0.843. The van der Waals surface area contributed by atoms with Crippen LogP contribution in [0.1, 0.15) is 11.1 Å². The van der Waals surface area contributed by atoms with Crippen molar-refractivity contribution in [3.05, 3.63) is 75.4 Å². The summed E-state index contributed by atoms with van der Waals surface area (Å²) in [6.45, 7) is -0.0571. The second-order valence-electron chi connectivity index (χ2n) is 5.76. The molecule has 1 amide bonds. The van der Waals surface area contributed by atoms with Crippen LogP contribution >= 0.6 is 23.4 Å². The monoisotopic (exact) mass is 447 g/mol. The third-order valence-electron chi connectivity index (χ3n) is 3.80. The molecule has 1 saturated heterocycles. The van der Waals surface area contributed by atoms with E-state index < -0.39 is 17.7 Å². The van der Waals surface area contributed by atoms with Crippen molar-refractivity contribution < 1.29 is 23.5 Å². The van der Waals surface area contributed by atoms with Gasteiger partial charge in [0.05, 0.1) is 23.3 Å². The van der Waals surface area contributed by atoms with Crippen molar-refractivity contribution in [3.63, 3.8) is 0 Å². The topological polar surface area (TPSA) is 89.3 Å². The molecule has 2 aromatic rings. The Morgan fingerprint density at radius 1 is 1.27 bits per heavy atom. The van der Waals surface area contributed by atoms with Crippen LogP contribution in [0.2, 0.25) is 5.02 Å². The number of nitrogens with one attached hydrogen (secondary N) is 1. The largest absolute Gasteiger partial charge is 0.488 e. The summed E-state index contributed by atoms with van der Waals surface area (Å²) in [5, 5.41) is 10.9. The van der Waals surface area contributed by atoms with Crippen LogP contribution in [0.5, 0.6) is 5.75 Å². The van der Waals surface area contributed by atoms with Gasteiger partial charge in [-0.15, -0.1) is 5.10 Å². The van der Waals surface area contributed by atoms with Crippen LogP contribution < -0.4 is 10.1 Å². The lowest BCUT2D eigenvalue weighted by Crippen LogP contribution is -2.19. The number of benzene rings is 2. The van der Waals surface area contributed by atoms with E-state index in [4.69, 9.17) is 16.3 Å². The van der Waals surface area contributed by atoms with Gasteiger partial charge in [0, 0.05) is 17.2 Å². The van der Waals surface area contributed by atoms with Crippen molar-refractivity contribution in [2.24, 2.45) is 10.2 Å². The summed E-state index contributed by atoms with van der Waals surface area (Å²) in [5.74, 6) is -1.11. The fraction of sp³-hybridized carbons (Fsp3) is 0.100. The van der Waals surface area contributed by atoms with E-state index in [1.165, 1.54) is 25.5 Å². The summed E-state index contributed by atoms with van der Waals surface area (Å²) in [6.07, 6.45) is 2.50. The third kappa shape index (κ3) is 5.46. The molecule has 0 radical (unpaired) electrons. The molecule has 1 N–H and O–H groups in total. The first-order chi connectivity index (χ1) is 14.5. The van der Waals surface area contributed by atoms with E-state index in [1.807, 2.05) is 0 Å². The van der Waals surface area contributed by atoms with Crippen LogP contribution in [0.15, 0.2) is 63.6 Å². The van der Waals surface area contributed by atoms with Crippen molar-refractivity contribution in [1.82, 2.24) is 5.32 Å². The first-order valence-corrected chi connectivity index (χ1v) is 9.72. The number of rotatable bonds is 6. The predicted octanol–water partition coefficient (Wildman–Crippen LogP) is 3.67. The Morgan fingerprint density at radius 3 is 2.83 bits per heavy atom. The minimum atomic E-state index is -0.640. The zero-order valence-electron chi connectivity index (χ0n) is 15.6. The van der Waals surface area contributed by atoms with E-state index in [0.29, 0.717) is 11.3 Å². The van der Waals surface area contributed by atoms with Crippen molar-refractivity contribution >= 4 is 46.6 Å². The second-order valence-corrected chi connectivity index (χ2v) is 7.20. The summed E-state index contributed by atoms with van der Waals surface area (Å²) in [4.78, 5) is 23.2. The molecule has 0 spiro atoms. The first-order valence-electron chi connectivity index (χ1n) is 8.52. The fourth-order valence-electron chi connectivity index (χ4n) is 2.32. The SMILES string of the molecule is COC(=O)/C=C1/S/C(=N\N=Cc2ccccc2OCc2c(F)cccc2Cl)NC1=O. The van der Waals surface area contributed by atoms with E-state index in [0.717, 1.165) is 17.8 Å². The third-order valence-corrected chi connectivity index (χ3v) is 5.05. The summed E-state index contributed by atoms with van der Waals surface area (Å²) in [7, 11) is 1.22. The van der Waals surface area contributed by atoms with Crippen molar-refractivity contribution in [2.45, 2.75) is 6.61 Å². The van der Waals surface area contributed by atoms with E-state index in [1.54, 1.807) is 30.3 Å². The molecular formula is C20H15ClFN3O4S. The molecule has 0 aromatic heterocycles. The lowest BCUT2D eigenvalue weighted by atomic mass is 10.2. The molecule has 7 nitrogen and oxygen atoms in total. The van der Waals surface area contributed by atoms with Gasteiger partial charge in [-0.2, -0.15) is 5.10 Å². The molecule has 0 unspecified atom stereocenters. The number of nitrogens with zero attached hydrogens (tertiary/aromatic N) is 2. The molecule has 2 aromatic carbocycles. The Hall–Kier alpha value is -3.17. The van der Waals surface area contributed by atoms with Gasteiger partial charge in [-0.1, -0.05) is 29.8 Å². The van der Waals surface area contributed by atoms with Crippen LogP contribution in [-0.2, 0) is 20.9 Å². The van der Waals surface area contributed by atoms with Gasteiger partial charge in [-0.05, 0) is 36.0 Å². The summed E-state index contributed by atoms with van der Waals surface area (Å²) in [6, 6.07) is 11.4. The standard InChI is InChI=1S/C20H15ClFN3O4S/c1-28-18(26)9-17-19(27)24-20(30-17)25-23-10-12-5-2-3-8-16(12)29-11-13-14(21)6-4-7-15(13)22/h2-10H,11H2,1H3,(H,24,25,27)/b17-9+,23-10?. The van der Waals surface area contributed by atoms with Crippen molar-refractivity contribution in [2.75, 3.05) is 7.11 Å². The van der Waals surface area contributed by atoms with E-state index >= 15 is 0 Å². The molecule has 0 aliphatic carbocycles. The second kappa shape index (κ2) is 10.0. The van der Waals surface area contributed by atoms with Crippen LogP contribution in [0.25, 0.3) is 0 Å². The van der Waals surface area contributed by atoms with E-state index in [-0.39, 0.29) is 27.3 Å². The number of methoxy groups -OCH3 is 1. The number of carbonyl (C=O) groups excluding carboxylic acids is 2. The molecule has 0 atom stereocenters. The number of carbonyl (C=O) groups is 2. The zero-order chi connectivity index (χ0) is 21.5. The Balaban J connectivity index is 1.70. The maximum Gasteiger partial charge on any atom is 0.331 e. The Labute approximate surface area is 180 Å². The average Bonchev–Trinajstić information content (AvgIpc) is 3.07. The maximum atomic E-state index is 13.9. The van der Waals surface area contributed by atoms with Crippen molar-refractivity contribution in [3.8, 4) is 5.75 Å². The number of amides is 1. The highest BCUT2D eigenvalue weighted by Gasteiger charge is 2.25. The van der Waals surface area contributed by atoms with Gasteiger partial charge in [0.2, 0.25) is 0 Å². The maximum absolute atomic E-state index is 13.9. The molecule has 10 heteroatoms. The molecule has 154 valence electrons. The van der Waals surface area contributed by atoms with Crippen LogP contribution in [0.3, 0.4) is 0 Å². The molecule has 1 aliphatic heterocycles. The molecule has 1 fully saturated rings. The van der Waals surface area contributed by atoms with Gasteiger partial charge in [0.15, 0.2) is 5.17 Å². The number of amidine groups is 1. The van der Waals surface area contributed by atoms with Crippen LogP contribution in [0, 0.1) is 5.82 Å². The number of hydrogen-bond donors (Lipinski definition) is 1. The summed E-state index contributed by atoms with van der Waals surface area (Å²) < 4.78 is 24.1.